The molecule has 110 valence electrons. The Balaban J connectivity index is 3.55. The molecule has 0 fully saturated rings. The summed E-state index contributed by atoms with van der Waals surface area (Å²) in [4.78, 5) is 0. The summed E-state index contributed by atoms with van der Waals surface area (Å²) in [7, 11) is 2.09. The van der Waals surface area contributed by atoms with Crippen molar-refractivity contribution in [3.05, 3.63) is 0 Å². The molecule has 0 aromatic rings. The van der Waals surface area contributed by atoms with Gasteiger partial charge in [-0.3, -0.25) is 0 Å². The molecule has 0 saturated heterocycles. The fourth-order valence-electron chi connectivity index (χ4n) is 2.95. The zero-order valence-electron chi connectivity index (χ0n) is 13.5. The Bertz CT molecular complexity index is 161. The van der Waals surface area contributed by atoms with Gasteiger partial charge in [-0.15, -0.1) is 0 Å². The first-order chi connectivity index (χ1) is 8.74. The van der Waals surface area contributed by atoms with E-state index in [2.05, 4.69) is 33.1 Å². The third-order valence-corrected chi connectivity index (χ3v) is 4.61. The van der Waals surface area contributed by atoms with E-state index in [1.54, 1.807) is 0 Å². The van der Waals surface area contributed by atoms with Crippen molar-refractivity contribution >= 4 is 0 Å². The minimum Gasteiger partial charge on any atom is -0.319 e. The Labute approximate surface area is 116 Å². The highest BCUT2D eigenvalue weighted by atomic mass is 14.8. The Morgan fingerprint density at radius 2 is 1.22 bits per heavy atom. The first kappa shape index (κ1) is 18.0. The number of unbranched alkanes of at least 4 members (excludes halogenated alkanes) is 7. The van der Waals surface area contributed by atoms with Gasteiger partial charge in [0.2, 0.25) is 0 Å². The summed E-state index contributed by atoms with van der Waals surface area (Å²) in [5, 5.41) is 3.39. The summed E-state index contributed by atoms with van der Waals surface area (Å²) in [5.74, 6) is 0. The predicted molar refractivity (Wildman–Crippen MR) is 84.2 cm³/mol. The maximum absolute atomic E-state index is 3.39. The number of rotatable bonds is 13. The van der Waals surface area contributed by atoms with Crippen molar-refractivity contribution in [3.63, 3.8) is 0 Å². The second-order valence-corrected chi connectivity index (χ2v) is 5.96. The van der Waals surface area contributed by atoms with Crippen LogP contribution < -0.4 is 5.32 Å². The Kier molecular flexibility index (Phi) is 12.0. The van der Waals surface area contributed by atoms with Crippen LogP contribution in [-0.2, 0) is 0 Å². The Morgan fingerprint density at radius 3 is 1.67 bits per heavy atom. The minimum atomic E-state index is 0.566. The summed E-state index contributed by atoms with van der Waals surface area (Å²) in [6.07, 6.45) is 15.5. The van der Waals surface area contributed by atoms with Crippen LogP contribution in [0.2, 0.25) is 0 Å². The standard InChI is InChI=1S/C17H37N/c1-5-8-9-10-11-12-13-14-15-17(6-2,7-3)16-18-4/h18H,5-16H2,1-4H3. The van der Waals surface area contributed by atoms with Crippen LogP contribution in [0.15, 0.2) is 0 Å². The van der Waals surface area contributed by atoms with E-state index in [0.717, 1.165) is 0 Å². The fraction of sp³-hybridized carbons (Fsp3) is 1.00. The molecule has 0 aromatic carbocycles. The van der Waals surface area contributed by atoms with E-state index in [1.807, 2.05) is 0 Å². The summed E-state index contributed by atoms with van der Waals surface area (Å²) in [6.45, 7) is 8.19. The van der Waals surface area contributed by atoms with Crippen molar-refractivity contribution in [2.75, 3.05) is 13.6 Å². The lowest BCUT2D eigenvalue weighted by Gasteiger charge is -2.31. The molecule has 1 N–H and O–H groups in total. The van der Waals surface area contributed by atoms with Gasteiger partial charge in [0.05, 0.1) is 0 Å². The Hall–Kier alpha value is -0.0400. The highest BCUT2D eigenvalue weighted by Crippen LogP contribution is 2.32. The van der Waals surface area contributed by atoms with Gasteiger partial charge in [-0.05, 0) is 31.7 Å². The molecule has 0 bridgehead atoms. The molecule has 1 heteroatoms. The molecule has 0 heterocycles. The van der Waals surface area contributed by atoms with Gasteiger partial charge in [-0.1, -0.05) is 72.1 Å². The smallest absolute Gasteiger partial charge is 0.000460 e. The second kappa shape index (κ2) is 12.0. The summed E-state index contributed by atoms with van der Waals surface area (Å²) in [5.41, 5.74) is 0.566. The van der Waals surface area contributed by atoms with Crippen molar-refractivity contribution in [2.24, 2.45) is 5.41 Å². The van der Waals surface area contributed by atoms with Gasteiger partial charge < -0.3 is 5.32 Å². The van der Waals surface area contributed by atoms with Gasteiger partial charge in [0.25, 0.3) is 0 Å². The first-order valence-electron chi connectivity index (χ1n) is 8.39. The van der Waals surface area contributed by atoms with Crippen LogP contribution in [-0.4, -0.2) is 13.6 Å². The maximum Gasteiger partial charge on any atom is 0.000460 e. The summed E-state index contributed by atoms with van der Waals surface area (Å²) < 4.78 is 0. The number of hydrogen-bond acceptors (Lipinski definition) is 1. The van der Waals surface area contributed by atoms with E-state index in [-0.39, 0.29) is 0 Å². The van der Waals surface area contributed by atoms with Crippen LogP contribution in [0.25, 0.3) is 0 Å². The molecular formula is C17H37N. The predicted octanol–water partition coefficient (Wildman–Crippen LogP) is 5.54. The van der Waals surface area contributed by atoms with Crippen molar-refractivity contribution < 1.29 is 0 Å². The molecule has 0 amide bonds. The van der Waals surface area contributed by atoms with E-state index >= 15 is 0 Å². The normalized spacial score (nSPS) is 12.0. The van der Waals surface area contributed by atoms with Crippen LogP contribution in [0.3, 0.4) is 0 Å². The molecule has 0 spiro atoms. The van der Waals surface area contributed by atoms with Crippen LogP contribution in [0.4, 0.5) is 0 Å². The monoisotopic (exact) mass is 255 g/mol. The quantitative estimate of drug-likeness (QED) is 0.426. The first-order valence-corrected chi connectivity index (χ1v) is 8.39. The maximum atomic E-state index is 3.39. The second-order valence-electron chi connectivity index (χ2n) is 5.96. The van der Waals surface area contributed by atoms with Crippen LogP contribution >= 0.6 is 0 Å². The average Bonchev–Trinajstić information content (AvgIpc) is 2.40. The van der Waals surface area contributed by atoms with Gasteiger partial charge in [-0.25, -0.2) is 0 Å². The molecule has 18 heavy (non-hydrogen) atoms. The van der Waals surface area contributed by atoms with Gasteiger partial charge in [-0.2, -0.15) is 0 Å². The molecule has 0 aliphatic carbocycles. The lowest BCUT2D eigenvalue weighted by atomic mass is 9.77. The molecule has 0 unspecified atom stereocenters. The fourth-order valence-corrected chi connectivity index (χ4v) is 2.95. The van der Waals surface area contributed by atoms with Crippen LogP contribution in [0.1, 0.15) is 91.4 Å². The zero-order valence-corrected chi connectivity index (χ0v) is 13.5. The van der Waals surface area contributed by atoms with E-state index in [4.69, 9.17) is 0 Å². The number of hydrogen-bond donors (Lipinski definition) is 1. The van der Waals surface area contributed by atoms with Gasteiger partial charge in [0.1, 0.15) is 0 Å². The minimum absolute atomic E-state index is 0.566. The molecule has 0 aliphatic rings. The van der Waals surface area contributed by atoms with Crippen molar-refractivity contribution in [1.29, 1.82) is 0 Å². The summed E-state index contributed by atoms with van der Waals surface area (Å²) in [6, 6.07) is 0. The average molecular weight is 255 g/mol. The SMILES string of the molecule is CCCCCCCCCCC(CC)(CC)CNC. The molecular weight excluding hydrogens is 218 g/mol. The van der Waals surface area contributed by atoms with Gasteiger partial charge >= 0.3 is 0 Å². The van der Waals surface area contributed by atoms with Crippen molar-refractivity contribution in [3.8, 4) is 0 Å². The molecule has 0 saturated carbocycles. The van der Waals surface area contributed by atoms with E-state index in [1.165, 1.54) is 77.2 Å². The third kappa shape index (κ3) is 8.13. The number of nitrogens with one attached hydrogen (secondary N) is 1. The highest BCUT2D eigenvalue weighted by Gasteiger charge is 2.24. The third-order valence-electron chi connectivity index (χ3n) is 4.61. The lowest BCUT2D eigenvalue weighted by molar-refractivity contribution is 0.225. The van der Waals surface area contributed by atoms with Crippen molar-refractivity contribution in [1.82, 2.24) is 5.32 Å². The topological polar surface area (TPSA) is 12.0 Å². The Morgan fingerprint density at radius 1 is 0.722 bits per heavy atom. The highest BCUT2D eigenvalue weighted by molar-refractivity contribution is 4.78. The molecule has 0 rings (SSSR count). The van der Waals surface area contributed by atoms with Crippen LogP contribution in [0.5, 0.6) is 0 Å². The van der Waals surface area contributed by atoms with E-state index < -0.39 is 0 Å². The molecule has 0 aromatic heterocycles. The van der Waals surface area contributed by atoms with E-state index in [9.17, 15) is 0 Å². The van der Waals surface area contributed by atoms with Crippen LogP contribution in [0, 0.1) is 5.41 Å². The zero-order chi connectivity index (χ0) is 13.7. The lowest BCUT2D eigenvalue weighted by Crippen LogP contribution is -2.31. The molecule has 0 radical (unpaired) electrons. The molecule has 1 nitrogen and oxygen atoms in total. The van der Waals surface area contributed by atoms with Crippen molar-refractivity contribution in [2.45, 2.75) is 91.4 Å². The summed E-state index contributed by atoms with van der Waals surface area (Å²) >= 11 is 0. The van der Waals surface area contributed by atoms with Gasteiger partial charge in [0.15, 0.2) is 0 Å². The molecule has 0 atom stereocenters. The van der Waals surface area contributed by atoms with E-state index in [0.29, 0.717) is 5.41 Å². The van der Waals surface area contributed by atoms with Gasteiger partial charge in [0, 0.05) is 6.54 Å². The molecule has 0 aliphatic heterocycles. The largest absolute Gasteiger partial charge is 0.319 e.